The van der Waals surface area contributed by atoms with E-state index in [2.05, 4.69) is 10.4 Å². The van der Waals surface area contributed by atoms with Gasteiger partial charge in [-0.3, -0.25) is 4.79 Å². The summed E-state index contributed by atoms with van der Waals surface area (Å²) in [5.74, 6) is 0.884. The summed E-state index contributed by atoms with van der Waals surface area (Å²) in [6.07, 6.45) is 0.856. The maximum absolute atomic E-state index is 12.1. The van der Waals surface area contributed by atoms with Crippen molar-refractivity contribution in [1.29, 1.82) is 0 Å². The summed E-state index contributed by atoms with van der Waals surface area (Å²) in [5.41, 5.74) is 14.4. The van der Waals surface area contributed by atoms with E-state index in [0.29, 0.717) is 30.2 Å². The molecule has 1 atom stereocenters. The predicted molar refractivity (Wildman–Crippen MR) is 108 cm³/mol. The molecule has 0 aliphatic carbocycles. The van der Waals surface area contributed by atoms with Gasteiger partial charge < -0.3 is 21.5 Å². The number of carbonyl (C=O) groups excluding carboxylic acids is 1. The molecule has 7 heteroatoms. The number of benzene rings is 2. The summed E-state index contributed by atoms with van der Waals surface area (Å²) in [5, 5.41) is 7.89. The third kappa shape index (κ3) is 3.44. The standard InChI is InChI=1S/C21H23N5O2/c22-12-16-10-11-24-21-18(20(23)27)19(25-26(16)21)15-6-8-17(9-7-15)28-13-14-4-2-1-3-5-14/h1-9,16,24H,10-13,22H2,(H2,23,27). The minimum Gasteiger partial charge on any atom is -0.489 e. The topological polar surface area (TPSA) is 108 Å². The fourth-order valence-corrected chi connectivity index (χ4v) is 3.45. The molecule has 5 N–H and O–H groups in total. The molecule has 0 bridgehead atoms. The number of hydrogen-bond donors (Lipinski definition) is 3. The molecule has 0 spiro atoms. The molecule has 1 aliphatic heterocycles. The number of nitrogens with zero attached hydrogens (tertiary/aromatic N) is 2. The molecule has 1 unspecified atom stereocenters. The summed E-state index contributed by atoms with van der Waals surface area (Å²) in [7, 11) is 0. The van der Waals surface area contributed by atoms with Gasteiger partial charge in [-0.25, -0.2) is 4.68 Å². The van der Waals surface area contributed by atoms with Crippen LogP contribution in [0.3, 0.4) is 0 Å². The van der Waals surface area contributed by atoms with Crippen molar-refractivity contribution in [2.45, 2.75) is 19.1 Å². The Kier molecular flexibility index (Phi) is 4.99. The Balaban J connectivity index is 1.60. The zero-order valence-electron chi connectivity index (χ0n) is 15.5. The Hall–Kier alpha value is -3.32. The SMILES string of the molecule is NCC1CCNc2c(C(N)=O)c(-c3ccc(OCc4ccccc4)cc3)nn21. The summed E-state index contributed by atoms with van der Waals surface area (Å²) in [6, 6.07) is 17.5. The molecule has 0 radical (unpaired) electrons. The molecule has 1 aromatic heterocycles. The second-order valence-corrected chi connectivity index (χ2v) is 6.78. The van der Waals surface area contributed by atoms with Crippen LogP contribution in [-0.2, 0) is 6.61 Å². The number of anilines is 1. The Labute approximate surface area is 163 Å². The van der Waals surface area contributed by atoms with Crippen LogP contribution >= 0.6 is 0 Å². The molecule has 0 saturated carbocycles. The van der Waals surface area contributed by atoms with Gasteiger partial charge in [-0.05, 0) is 36.2 Å². The predicted octanol–water partition coefficient (Wildman–Crippen LogP) is 2.54. The minimum absolute atomic E-state index is 0.0524. The lowest BCUT2D eigenvalue weighted by Crippen LogP contribution is -2.29. The number of nitrogens with two attached hydrogens (primary N) is 2. The van der Waals surface area contributed by atoms with E-state index in [1.165, 1.54) is 0 Å². The lowest BCUT2D eigenvalue weighted by molar-refractivity contribution is 0.100. The number of amides is 1. The van der Waals surface area contributed by atoms with Gasteiger partial charge in [0.25, 0.3) is 5.91 Å². The Bertz CT molecular complexity index is 966. The van der Waals surface area contributed by atoms with Crippen LogP contribution < -0.4 is 21.5 Å². The van der Waals surface area contributed by atoms with Gasteiger partial charge in [-0.2, -0.15) is 5.10 Å². The van der Waals surface area contributed by atoms with Crippen molar-refractivity contribution in [3.05, 3.63) is 65.7 Å². The molecule has 1 aliphatic rings. The highest BCUT2D eigenvalue weighted by molar-refractivity contribution is 6.03. The van der Waals surface area contributed by atoms with Crippen LogP contribution in [0.2, 0.25) is 0 Å². The molecule has 28 heavy (non-hydrogen) atoms. The van der Waals surface area contributed by atoms with E-state index in [-0.39, 0.29) is 6.04 Å². The lowest BCUT2D eigenvalue weighted by Gasteiger charge is -2.24. The van der Waals surface area contributed by atoms with Gasteiger partial charge in [0.05, 0.1) is 6.04 Å². The number of fused-ring (bicyclic) bond motifs is 1. The Morgan fingerprint density at radius 2 is 1.93 bits per heavy atom. The number of ether oxygens (including phenoxy) is 1. The maximum atomic E-state index is 12.1. The molecule has 7 nitrogen and oxygen atoms in total. The third-order valence-electron chi connectivity index (χ3n) is 4.92. The molecule has 2 heterocycles. The smallest absolute Gasteiger partial charge is 0.254 e. The third-order valence-corrected chi connectivity index (χ3v) is 4.92. The van der Waals surface area contributed by atoms with Gasteiger partial charge in [0.1, 0.15) is 29.4 Å². The van der Waals surface area contributed by atoms with Crippen LogP contribution in [0.15, 0.2) is 54.6 Å². The van der Waals surface area contributed by atoms with Gasteiger partial charge in [0, 0.05) is 18.7 Å². The first-order valence-corrected chi connectivity index (χ1v) is 9.30. The number of nitrogens with one attached hydrogen (secondary N) is 1. The van der Waals surface area contributed by atoms with Gasteiger partial charge in [0.15, 0.2) is 0 Å². The maximum Gasteiger partial charge on any atom is 0.254 e. The highest BCUT2D eigenvalue weighted by atomic mass is 16.5. The van der Waals surface area contributed by atoms with E-state index in [9.17, 15) is 4.79 Å². The molecule has 144 valence electrons. The molecular weight excluding hydrogens is 354 g/mol. The molecule has 0 saturated heterocycles. The number of rotatable bonds is 6. The van der Waals surface area contributed by atoms with E-state index in [4.69, 9.17) is 16.2 Å². The molecular formula is C21H23N5O2. The zero-order valence-corrected chi connectivity index (χ0v) is 15.5. The quantitative estimate of drug-likeness (QED) is 0.612. The molecule has 0 fully saturated rings. The van der Waals surface area contributed by atoms with Gasteiger partial charge in [-0.15, -0.1) is 0 Å². The normalized spacial score (nSPS) is 15.5. The first kappa shape index (κ1) is 18.1. The number of carbonyl (C=O) groups is 1. The monoisotopic (exact) mass is 377 g/mol. The van der Waals surface area contributed by atoms with Crippen molar-refractivity contribution in [3.8, 4) is 17.0 Å². The first-order chi connectivity index (χ1) is 13.7. The van der Waals surface area contributed by atoms with Gasteiger partial charge in [-0.1, -0.05) is 30.3 Å². The van der Waals surface area contributed by atoms with Crippen LogP contribution in [0.4, 0.5) is 5.82 Å². The van der Waals surface area contributed by atoms with Crippen LogP contribution in [0, 0.1) is 0 Å². The molecule has 2 aromatic carbocycles. The van der Waals surface area contributed by atoms with Crippen molar-refractivity contribution < 1.29 is 9.53 Å². The van der Waals surface area contributed by atoms with E-state index >= 15 is 0 Å². The van der Waals surface area contributed by atoms with Crippen LogP contribution in [0.1, 0.15) is 28.4 Å². The molecule has 1 amide bonds. The van der Waals surface area contributed by atoms with E-state index in [1.807, 2.05) is 54.6 Å². The molecule has 3 aromatic rings. The lowest BCUT2D eigenvalue weighted by atomic mass is 10.1. The Morgan fingerprint density at radius 1 is 1.18 bits per heavy atom. The van der Waals surface area contributed by atoms with Crippen molar-refractivity contribution >= 4 is 11.7 Å². The van der Waals surface area contributed by atoms with Gasteiger partial charge in [0.2, 0.25) is 0 Å². The fourth-order valence-electron chi connectivity index (χ4n) is 3.45. The van der Waals surface area contributed by atoms with Crippen LogP contribution in [0.5, 0.6) is 5.75 Å². The first-order valence-electron chi connectivity index (χ1n) is 9.30. The molecule has 4 rings (SSSR count). The second kappa shape index (κ2) is 7.74. The number of hydrogen-bond acceptors (Lipinski definition) is 5. The zero-order chi connectivity index (χ0) is 19.5. The van der Waals surface area contributed by atoms with Crippen molar-refractivity contribution in [3.63, 3.8) is 0 Å². The van der Waals surface area contributed by atoms with Crippen molar-refractivity contribution in [2.24, 2.45) is 11.5 Å². The summed E-state index contributed by atoms with van der Waals surface area (Å²) < 4.78 is 7.62. The highest BCUT2D eigenvalue weighted by Crippen LogP contribution is 2.34. The van der Waals surface area contributed by atoms with E-state index in [0.717, 1.165) is 29.8 Å². The summed E-state index contributed by atoms with van der Waals surface area (Å²) >= 11 is 0. The largest absolute Gasteiger partial charge is 0.489 e. The second-order valence-electron chi connectivity index (χ2n) is 6.78. The Morgan fingerprint density at radius 3 is 2.61 bits per heavy atom. The summed E-state index contributed by atoms with van der Waals surface area (Å²) in [6.45, 7) is 1.69. The number of aromatic nitrogens is 2. The average Bonchev–Trinajstić information content (AvgIpc) is 3.13. The van der Waals surface area contributed by atoms with E-state index < -0.39 is 5.91 Å². The average molecular weight is 377 g/mol. The van der Waals surface area contributed by atoms with Crippen LogP contribution in [0.25, 0.3) is 11.3 Å². The van der Waals surface area contributed by atoms with E-state index in [1.54, 1.807) is 4.68 Å². The fraction of sp³-hybridized carbons (Fsp3) is 0.238. The van der Waals surface area contributed by atoms with Crippen molar-refractivity contribution in [1.82, 2.24) is 9.78 Å². The highest BCUT2D eigenvalue weighted by Gasteiger charge is 2.28. The van der Waals surface area contributed by atoms with Crippen molar-refractivity contribution in [2.75, 3.05) is 18.4 Å². The number of primary amides is 1. The minimum atomic E-state index is -0.508. The van der Waals surface area contributed by atoms with Crippen LogP contribution in [-0.4, -0.2) is 28.8 Å². The van der Waals surface area contributed by atoms with Gasteiger partial charge >= 0.3 is 0 Å². The summed E-state index contributed by atoms with van der Waals surface area (Å²) in [4.78, 5) is 12.1.